The zero-order valence-electron chi connectivity index (χ0n) is 12.6. The van der Waals surface area contributed by atoms with E-state index in [1.807, 2.05) is 0 Å². The second kappa shape index (κ2) is 6.14. The van der Waals surface area contributed by atoms with Crippen LogP contribution in [0.4, 0.5) is 0 Å². The molecule has 7 heteroatoms. The summed E-state index contributed by atoms with van der Waals surface area (Å²) < 4.78 is 6.14. The molecule has 0 saturated carbocycles. The van der Waals surface area contributed by atoms with Crippen LogP contribution in [0.1, 0.15) is 33.0 Å². The summed E-state index contributed by atoms with van der Waals surface area (Å²) in [4.78, 5) is 33.6. The van der Waals surface area contributed by atoms with Gasteiger partial charge in [0.25, 0.3) is 5.56 Å². The molecule has 0 unspecified atom stereocenters. The van der Waals surface area contributed by atoms with Crippen LogP contribution in [0.25, 0.3) is 10.2 Å². The standard InChI is InChI=1S/C17H13BrN2O3S/c18-10-6-4-9(5-7-10)17(22)23-8-13-19-15(21)14-11-2-1-3-12(11)24-16(14)20-13/h4-7H,1-3,8H2,(H,19,20,21). The molecule has 0 spiro atoms. The van der Waals surface area contributed by atoms with Crippen molar-refractivity contribution >= 4 is 43.5 Å². The van der Waals surface area contributed by atoms with E-state index in [0.29, 0.717) is 16.8 Å². The van der Waals surface area contributed by atoms with Crippen molar-refractivity contribution in [1.82, 2.24) is 9.97 Å². The van der Waals surface area contributed by atoms with E-state index in [0.717, 1.165) is 34.1 Å². The van der Waals surface area contributed by atoms with Gasteiger partial charge in [0.05, 0.1) is 10.9 Å². The minimum atomic E-state index is -0.445. The third-order valence-electron chi connectivity index (χ3n) is 4.04. The molecule has 1 aromatic carbocycles. The van der Waals surface area contributed by atoms with Gasteiger partial charge in [-0.25, -0.2) is 9.78 Å². The lowest BCUT2D eigenvalue weighted by molar-refractivity contribution is 0.0462. The van der Waals surface area contributed by atoms with E-state index in [-0.39, 0.29) is 12.2 Å². The molecule has 1 aliphatic carbocycles. The summed E-state index contributed by atoms with van der Waals surface area (Å²) in [6, 6.07) is 6.90. The average Bonchev–Trinajstić information content (AvgIpc) is 3.13. The van der Waals surface area contributed by atoms with Gasteiger partial charge in [0.2, 0.25) is 0 Å². The van der Waals surface area contributed by atoms with Gasteiger partial charge in [0.15, 0.2) is 0 Å². The van der Waals surface area contributed by atoms with E-state index < -0.39 is 5.97 Å². The van der Waals surface area contributed by atoms with Crippen LogP contribution in [0.5, 0.6) is 0 Å². The Kier molecular flexibility index (Phi) is 3.97. The lowest BCUT2D eigenvalue weighted by Crippen LogP contribution is -2.14. The number of H-pyrrole nitrogens is 1. The molecule has 1 aliphatic rings. The first kappa shape index (κ1) is 15.5. The molecule has 2 aromatic heterocycles. The highest BCUT2D eigenvalue weighted by atomic mass is 79.9. The van der Waals surface area contributed by atoms with Gasteiger partial charge in [0, 0.05) is 9.35 Å². The fourth-order valence-corrected chi connectivity index (χ4v) is 4.46. The summed E-state index contributed by atoms with van der Waals surface area (Å²) in [5.74, 6) is -0.0724. The van der Waals surface area contributed by atoms with Crippen molar-refractivity contribution in [2.24, 2.45) is 0 Å². The number of rotatable bonds is 3. The third kappa shape index (κ3) is 2.78. The topological polar surface area (TPSA) is 72.0 Å². The molecule has 3 aromatic rings. The van der Waals surface area contributed by atoms with E-state index in [9.17, 15) is 9.59 Å². The summed E-state index contributed by atoms with van der Waals surface area (Å²) >= 11 is 4.89. The molecule has 24 heavy (non-hydrogen) atoms. The molecule has 0 atom stereocenters. The van der Waals surface area contributed by atoms with Crippen LogP contribution in [0.3, 0.4) is 0 Å². The van der Waals surface area contributed by atoms with E-state index in [2.05, 4.69) is 25.9 Å². The first-order valence-electron chi connectivity index (χ1n) is 7.58. The number of hydrogen-bond donors (Lipinski definition) is 1. The first-order valence-corrected chi connectivity index (χ1v) is 9.19. The van der Waals surface area contributed by atoms with Crippen molar-refractivity contribution in [1.29, 1.82) is 0 Å². The number of nitrogens with one attached hydrogen (secondary N) is 1. The number of esters is 1. The number of aryl methyl sites for hydroxylation is 2. The van der Waals surface area contributed by atoms with Gasteiger partial charge >= 0.3 is 5.97 Å². The van der Waals surface area contributed by atoms with Crippen molar-refractivity contribution in [3.8, 4) is 0 Å². The molecule has 2 heterocycles. The second-order valence-electron chi connectivity index (χ2n) is 5.63. The highest BCUT2D eigenvalue weighted by Crippen LogP contribution is 2.34. The first-order chi connectivity index (χ1) is 11.6. The number of aromatic nitrogens is 2. The molecular formula is C17H13BrN2O3S. The maximum absolute atomic E-state index is 12.3. The Hall–Kier alpha value is -1.99. The monoisotopic (exact) mass is 404 g/mol. The summed E-state index contributed by atoms with van der Waals surface area (Å²) in [5, 5.41) is 0.704. The van der Waals surface area contributed by atoms with Crippen LogP contribution >= 0.6 is 27.3 Å². The zero-order valence-corrected chi connectivity index (χ0v) is 15.0. The van der Waals surface area contributed by atoms with Gasteiger partial charge in [-0.3, -0.25) is 4.79 Å². The molecule has 5 nitrogen and oxygen atoms in total. The smallest absolute Gasteiger partial charge is 0.338 e. The predicted octanol–water partition coefficient (Wildman–Crippen LogP) is 3.59. The SMILES string of the molecule is O=C(OCc1nc2sc3c(c2c(=O)[nH]1)CCC3)c1ccc(Br)cc1. The predicted molar refractivity (Wildman–Crippen MR) is 95.5 cm³/mol. The van der Waals surface area contributed by atoms with Crippen LogP contribution in [0.2, 0.25) is 0 Å². The van der Waals surface area contributed by atoms with E-state index >= 15 is 0 Å². The fraction of sp³-hybridized carbons (Fsp3) is 0.235. The number of halogens is 1. The van der Waals surface area contributed by atoms with Crippen molar-refractivity contribution < 1.29 is 9.53 Å². The third-order valence-corrected chi connectivity index (χ3v) is 5.76. The van der Waals surface area contributed by atoms with Gasteiger partial charge in [-0.1, -0.05) is 15.9 Å². The van der Waals surface area contributed by atoms with Crippen molar-refractivity contribution in [3.63, 3.8) is 0 Å². The summed E-state index contributed by atoms with van der Waals surface area (Å²) in [5.41, 5.74) is 1.45. The molecule has 122 valence electrons. The number of hydrogen-bond acceptors (Lipinski definition) is 5. The number of carbonyl (C=O) groups excluding carboxylic acids is 1. The van der Waals surface area contributed by atoms with Crippen molar-refractivity contribution in [3.05, 3.63) is 60.9 Å². The minimum absolute atomic E-state index is 0.0529. The summed E-state index contributed by atoms with van der Waals surface area (Å²) in [6.45, 7) is -0.0529. The number of nitrogens with zero attached hydrogens (tertiary/aromatic N) is 1. The van der Waals surface area contributed by atoms with Crippen LogP contribution < -0.4 is 5.56 Å². The molecule has 0 radical (unpaired) electrons. The van der Waals surface area contributed by atoms with Gasteiger partial charge in [-0.05, 0) is 49.1 Å². The van der Waals surface area contributed by atoms with Crippen LogP contribution in [0, 0.1) is 0 Å². The number of ether oxygens (including phenoxy) is 1. The fourth-order valence-electron chi connectivity index (χ4n) is 2.92. The van der Waals surface area contributed by atoms with Crippen LogP contribution in [-0.4, -0.2) is 15.9 Å². The molecule has 0 fully saturated rings. The molecule has 0 saturated heterocycles. The zero-order chi connectivity index (χ0) is 16.7. The average molecular weight is 405 g/mol. The Bertz CT molecular complexity index is 991. The van der Waals surface area contributed by atoms with Gasteiger partial charge in [-0.2, -0.15) is 0 Å². The molecule has 1 N–H and O–H groups in total. The number of carbonyl (C=O) groups is 1. The maximum Gasteiger partial charge on any atom is 0.338 e. The summed E-state index contributed by atoms with van der Waals surface area (Å²) in [6.07, 6.45) is 3.06. The second-order valence-corrected chi connectivity index (χ2v) is 7.63. The number of benzene rings is 1. The Morgan fingerprint density at radius 1 is 1.29 bits per heavy atom. The largest absolute Gasteiger partial charge is 0.454 e. The highest BCUT2D eigenvalue weighted by molar-refractivity contribution is 9.10. The van der Waals surface area contributed by atoms with Gasteiger partial charge in [-0.15, -0.1) is 11.3 Å². The van der Waals surface area contributed by atoms with E-state index in [1.165, 1.54) is 4.88 Å². The highest BCUT2D eigenvalue weighted by Gasteiger charge is 2.21. The van der Waals surface area contributed by atoms with Crippen LogP contribution in [-0.2, 0) is 24.2 Å². The number of thiophene rings is 1. The normalized spacial score (nSPS) is 13.2. The van der Waals surface area contributed by atoms with Crippen LogP contribution in [0.15, 0.2) is 33.5 Å². The minimum Gasteiger partial charge on any atom is -0.454 e. The Morgan fingerprint density at radius 2 is 2.08 bits per heavy atom. The molecule has 4 rings (SSSR count). The number of aromatic amines is 1. The van der Waals surface area contributed by atoms with Crippen molar-refractivity contribution in [2.45, 2.75) is 25.9 Å². The summed E-state index contributed by atoms with van der Waals surface area (Å²) in [7, 11) is 0. The van der Waals surface area contributed by atoms with E-state index in [1.54, 1.807) is 35.6 Å². The molecule has 0 amide bonds. The van der Waals surface area contributed by atoms with E-state index in [4.69, 9.17) is 4.74 Å². The Labute approximate surface area is 149 Å². The van der Waals surface area contributed by atoms with Crippen molar-refractivity contribution in [2.75, 3.05) is 0 Å². The molecule has 0 aliphatic heterocycles. The maximum atomic E-state index is 12.3. The van der Waals surface area contributed by atoms with Gasteiger partial charge in [0.1, 0.15) is 17.3 Å². The quantitative estimate of drug-likeness (QED) is 0.676. The number of fused-ring (bicyclic) bond motifs is 3. The Morgan fingerprint density at radius 3 is 2.88 bits per heavy atom. The lowest BCUT2D eigenvalue weighted by atomic mass is 10.2. The molecular weight excluding hydrogens is 392 g/mol. The van der Waals surface area contributed by atoms with Gasteiger partial charge < -0.3 is 9.72 Å². The Balaban J connectivity index is 1.56. The lowest BCUT2D eigenvalue weighted by Gasteiger charge is -2.05. The molecule has 0 bridgehead atoms.